The molecule has 2 saturated heterocycles. The van der Waals surface area contributed by atoms with Crippen molar-refractivity contribution in [3.63, 3.8) is 0 Å². The molecule has 1 aromatic carbocycles. The minimum absolute atomic E-state index is 0. The number of carbonyl (C=O) groups excluding carboxylic acids is 1. The number of aliphatic hydroxyl groups is 1. The molecule has 1 saturated carbocycles. The summed E-state index contributed by atoms with van der Waals surface area (Å²) in [6, 6.07) is 15.3. The van der Waals surface area contributed by atoms with Crippen LogP contribution in [-0.2, 0) is 10.2 Å². The molecule has 4 aliphatic rings. The second kappa shape index (κ2) is 12.8. The quantitative estimate of drug-likeness (QED) is 0.411. The molecule has 4 N–H and O–H groups in total. The largest absolute Gasteiger partial charge is 1.00 e. The van der Waals surface area contributed by atoms with Crippen LogP contribution in [0.3, 0.4) is 0 Å². The highest BCUT2D eigenvalue weighted by Crippen LogP contribution is 2.48. The Hall–Kier alpha value is -1.86. The number of likely N-dealkylation sites (tertiary alicyclic amines) is 1. The second-order valence-electron chi connectivity index (χ2n) is 12.0. The van der Waals surface area contributed by atoms with Gasteiger partial charge in [-0.15, -0.1) is 0 Å². The Kier molecular flexibility index (Phi) is 9.85. The molecule has 1 aromatic heterocycles. The van der Waals surface area contributed by atoms with E-state index in [1.165, 1.54) is 37.7 Å². The first-order valence-corrected chi connectivity index (χ1v) is 14.6. The molecule has 2 aromatic rings. The van der Waals surface area contributed by atoms with Gasteiger partial charge in [0.1, 0.15) is 12.0 Å². The smallest absolute Gasteiger partial charge is 0.366 e. The Balaban J connectivity index is 0.00000176. The maximum atomic E-state index is 14.6. The van der Waals surface area contributed by atoms with Gasteiger partial charge in [0, 0.05) is 18.2 Å². The highest BCUT2D eigenvalue weighted by molar-refractivity contribution is 5.82. The minimum Gasteiger partial charge on any atom is -1.00 e. The SMILES string of the molecule is COc1ccc2c([nH+]1)C(O)CC[C@]21C[NH2+]CC1C(=O)N1CC[C@@H](c2ccccc2)C[C@H]1C1CCCCC1.[Cl-].[Cl-]. The van der Waals surface area contributed by atoms with Crippen molar-refractivity contribution in [1.29, 1.82) is 0 Å². The number of aromatic amines is 1. The van der Waals surface area contributed by atoms with E-state index in [1.807, 2.05) is 6.07 Å². The van der Waals surface area contributed by atoms with Crippen LogP contribution >= 0.6 is 0 Å². The number of fused-ring (bicyclic) bond motifs is 2. The number of aliphatic hydroxyl groups excluding tert-OH is 1. The lowest BCUT2D eigenvalue weighted by Crippen LogP contribution is -3.00. The average Bonchev–Trinajstić information content (AvgIpc) is 3.39. The summed E-state index contributed by atoms with van der Waals surface area (Å²) < 4.78 is 5.43. The fourth-order valence-corrected chi connectivity index (χ4v) is 8.23. The summed E-state index contributed by atoms with van der Waals surface area (Å²) in [5, 5.41) is 13.2. The van der Waals surface area contributed by atoms with Gasteiger partial charge in [-0.05, 0) is 62.0 Å². The number of carbonyl (C=O) groups is 1. The molecule has 214 valence electrons. The van der Waals surface area contributed by atoms with Crippen molar-refractivity contribution in [2.75, 3.05) is 26.7 Å². The molecule has 3 heterocycles. The third kappa shape index (κ3) is 5.55. The first kappa shape index (κ1) is 30.1. The first-order chi connectivity index (χ1) is 18.1. The molecule has 6 rings (SSSR count). The number of halogens is 2. The van der Waals surface area contributed by atoms with Gasteiger partial charge in [-0.3, -0.25) is 4.79 Å². The number of nitrogens with zero attached hydrogens (tertiary/aromatic N) is 1. The summed E-state index contributed by atoms with van der Waals surface area (Å²) >= 11 is 0. The number of hydrogen-bond donors (Lipinski definition) is 2. The zero-order chi connectivity index (χ0) is 25.4. The maximum Gasteiger partial charge on any atom is 0.366 e. The fraction of sp³-hybridized carbons (Fsp3) is 0.613. The molecule has 8 heteroatoms. The normalized spacial score (nSPS) is 30.7. The van der Waals surface area contributed by atoms with Crippen LogP contribution in [0.25, 0.3) is 0 Å². The fourth-order valence-electron chi connectivity index (χ4n) is 8.23. The van der Waals surface area contributed by atoms with Crippen molar-refractivity contribution in [2.45, 2.75) is 81.3 Å². The minimum atomic E-state index is -0.538. The number of aromatic nitrogens is 1. The van der Waals surface area contributed by atoms with Crippen molar-refractivity contribution >= 4 is 5.91 Å². The number of amides is 1. The number of methoxy groups -OCH3 is 1. The van der Waals surface area contributed by atoms with Crippen molar-refractivity contribution < 1.29 is 49.8 Å². The van der Waals surface area contributed by atoms with Gasteiger partial charge < -0.3 is 44.9 Å². The van der Waals surface area contributed by atoms with Crippen LogP contribution in [0.1, 0.15) is 86.6 Å². The summed E-state index contributed by atoms with van der Waals surface area (Å²) in [6.07, 6.45) is 9.55. The number of quaternary nitrogens is 1. The lowest BCUT2D eigenvalue weighted by atomic mass is 9.64. The predicted octanol–water partition coefficient (Wildman–Crippen LogP) is -2.87. The number of nitrogens with two attached hydrogens (primary N) is 1. The van der Waals surface area contributed by atoms with E-state index in [9.17, 15) is 9.90 Å². The highest BCUT2D eigenvalue weighted by atomic mass is 35.5. The van der Waals surface area contributed by atoms with Gasteiger partial charge in [0.15, 0.2) is 0 Å². The van der Waals surface area contributed by atoms with Gasteiger partial charge in [-0.2, -0.15) is 4.98 Å². The monoisotopic (exact) mass is 575 g/mol. The van der Waals surface area contributed by atoms with E-state index in [0.29, 0.717) is 36.1 Å². The molecule has 39 heavy (non-hydrogen) atoms. The molecule has 5 atom stereocenters. The molecular formula is C31H43Cl2N3O3. The summed E-state index contributed by atoms with van der Waals surface area (Å²) in [6.45, 7) is 2.59. The van der Waals surface area contributed by atoms with E-state index in [-0.39, 0.29) is 36.1 Å². The Morgan fingerprint density at radius 1 is 1.05 bits per heavy atom. The van der Waals surface area contributed by atoms with E-state index in [4.69, 9.17) is 4.74 Å². The van der Waals surface area contributed by atoms with Crippen LogP contribution in [0.2, 0.25) is 0 Å². The van der Waals surface area contributed by atoms with E-state index < -0.39 is 6.10 Å². The van der Waals surface area contributed by atoms with Gasteiger partial charge in [-0.25, -0.2) is 0 Å². The van der Waals surface area contributed by atoms with Crippen LogP contribution in [0, 0.1) is 11.8 Å². The van der Waals surface area contributed by atoms with Gasteiger partial charge in [-0.1, -0.05) is 49.6 Å². The molecule has 1 amide bonds. The topological polar surface area (TPSA) is 80.5 Å². The van der Waals surface area contributed by atoms with Crippen LogP contribution in [0.4, 0.5) is 0 Å². The van der Waals surface area contributed by atoms with Crippen molar-refractivity contribution in [3.05, 3.63) is 59.3 Å². The van der Waals surface area contributed by atoms with Crippen molar-refractivity contribution in [1.82, 2.24) is 4.90 Å². The molecular weight excluding hydrogens is 533 g/mol. The molecule has 0 radical (unpaired) electrons. The molecule has 2 aliphatic heterocycles. The van der Waals surface area contributed by atoms with E-state index in [2.05, 4.69) is 51.6 Å². The number of pyridine rings is 1. The standard InChI is InChI=1S/C31H41N3O3.2ClH/c1-37-28-13-12-24-29(33-28)27(35)14-16-31(24)20-32-19-25(31)30(36)34-17-15-23(21-8-4-2-5-9-21)18-26(34)22-10-6-3-7-11-22;;/h2,4-5,8-9,12-13,22-23,25-27,32,35H,3,6-7,10-11,14-20H2,1H3;2*1H/t23-,25?,26+,27?,31+;;/m1../s1. The zero-order valence-corrected chi connectivity index (χ0v) is 24.5. The van der Waals surface area contributed by atoms with Crippen LogP contribution in [0.15, 0.2) is 42.5 Å². The van der Waals surface area contributed by atoms with Crippen molar-refractivity contribution in [3.8, 4) is 5.88 Å². The number of rotatable bonds is 4. The number of piperidine rings is 1. The van der Waals surface area contributed by atoms with Crippen LogP contribution in [-0.4, -0.2) is 48.7 Å². The van der Waals surface area contributed by atoms with E-state index >= 15 is 0 Å². The summed E-state index contributed by atoms with van der Waals surface area (Å²) in [7, 11) is 1.64. The third-order valence-electron chi connectivity index (χ3n) is 10.2. The number of ether oxygens (including phenoxy) is 1. The molecule has 6 nitrogen and oxygen atoms in total. The summed E-state index contributed by atoms with van der Waals surface area (Å²) in [4.78, 5) is 20.3. The number of hydrogen-bond acceptors (Lipinski definition) is 3. The first-order valence-electron chi connectivity index (χ1n) is 14.6. The van der Waals surface area contributed by atoms with Gasteiger partial charge in [0.25, 0.3) is 0 Å². The summed E-state index contributed by atoms with van der Waals surface area (Å²) in [5.41, 5.74) is 3.15. The van der Waals surface area contributed by atoms with E-state index in [1.54, 1.807) is 7.11 Å². The maximum absolute atomic E-state index is 14.6. The summed E-state index contributed by atoms with van der Waals surface area (Å²) in [5.74, 6) is 2.10. The molecule has 2 aliphatic carbocycles. The van der Waals surface area contributed by atoms with Crippen LogP contribution in [0.5, 0.6) is 5.88 Å². The molecule has 3 fully saturated rings. The van der Waals surface area contributed by atoms with E-state index in [0.717, 1.165) is 50.2 Å². The predicted molar refractivity (Wildman–Crippen MR) is 141 cm³/mol. The highest BCUT2D eigenvalue weighted by Gasteiger charge is 2.57. The Morgan fingerprint density at radius 2 is 1.82 bits per heavy atom. The molecule has 2 unspecified atom stereocenters. The third-order valence-corrected chi connectivity index (χ3v) is 10.2. The Bertz CT molecular complexity index is 1110. The van der Waals surface area contributed by atoms with Gasteiger partial charge >= 0.3 is 5.88 Å². The second-order valence-corrected chi connectivity index (χ2v) is 12.0. The Morgan fingerprint density at radius 3 is 2.56 bits per heavy atom. The lowest BCUT2D eigenvalue weighted by molar-refractivity contribution is -0.640. The van der Waals surface area contributed by atoms with Crippen molar-refractivity contribution in [2.24, 2.45) is 11.8 Å². The molecule has 0 bridgehead atoms. The lowest BCUT2D eigenvalue weighted by Gasteiger charge is -2.47. The Labute approximate surface area is 245 Å². The average molecular weight is 577 g/mol. The number of benzene rings is 1. The number of H-pyrrole nitrogens is 1. The number of nitrogens with one attached hydrogen (secondary N) is 1. The zero-order valence-electron chi connectivity index (χ0n) is 23.0. The van der Waals surface area contributed by atoms with Gasteiger partial charge in [0.05, 0.1) is 31.7 Å². The molecule has 1 spiro atoms. The van der Waals surface area contributed by atoms with Crippen LogP contribution < -0.4 is 39.9 Å². The van der Waals surface area contributed by atoms with Gasteiger partial charge in [0.2, 0.25) is 11.6 Å².